The van der Waals surface area contributed by atoms with Crippen molar-refractivity contribution in [2.75, 3.05) is 31.6 Å². The third-order valence-electron chi connectivity index (χ3n) is 8.74. The minimum Gasteiger partial charge on any atom is -0.370 e. The Bertz CT molecular complexity index is 1250. The van der Waals surface area contributed by atoms with Crippen LogP contribution >= 0.6 is 0 Å². The molecule has 0 spiro atoms. The van der Waals surface area contributed by atoms with E-state index in [2.05, 4.69) is 40.7 Å². The molecule has 1 aliphatic heterocycles. The second-order valence-electron chi connectivity index (χ2n) is 11.0. The van der Waals surface area contributed by atoms with Crippen molar-refractivity contribution >= 4 is 16.9 Å². The van der Waals surface area contributed by atoms with Crippen molar-refractivity contribution < 1.29 is 9.53 Å². The Morgan fingerprint density at radius 3 is 2.59 bits per heavy atom. The number of aromatic nitrogens is 1. The van der Waals surface area contributed by atoms with Gasteiger partial charge in [-0.3, -0.25) is 9.58 Å². The minimum atomic E-state index is -0.0600. The van der Waals surface area contributed by atoms with E-state index in [1.165, 1.54) is 55.3 Å². The van der Waals surface area contributed by atoms with Gasteiger partial charge in [-0.05, 0) is 81.2 Å². The Hall–Kier alpha value is -2.83. The second-order valence-corrected chi connectivity index (χ2v) is 11.0. The number of rotatable bonds is 9. The molecule has 3 aromatic rings. The number of carbonyl (C=O) groups excluding carboxylic acids is 1. The molecular weight excluding hydrogens is 460 g/mol. The van der Waals surface area contributed by atoms with E-state index in [1.807, 2.05) is 41.6 Å². The van der Waals surface area contributed by atoms with Crippen molar-refractivity contribution in [3.8, 4) is 0 Å². The maximum atomic E-state index is 13.2. The van der Waals surface area contributed by atoms with Crippen LogP contribution in [0.15, 0.2) is 48.5 Å². The number of ether oxygens (including phenoxy) is 1. The predicted molar refractivity (Wildman–Crippen MR) is 148 cm³/mol. The molecule has 2 atom stereocenters. The summed E-state index contributed by atoms with van der Waals surface area (Å²) < 4.78 is 8.36. The molecule has 196 valence electrons. The number of urea groups is 1. The Morgan fingerprint density at radius 1 is 1.03 bits per heavy atom. The van der Waals surface area contributed by atoms with Crippen LogP contribution in [-0.2, 0) is 24.4 Å². The highest BCUT2D eigenvalue weighted by Crippen LogP contribution is 2.46. The highest BCUT2D eigenvalue weighted by molar-refractivity contribution is 5.93. The molecule has 1 saturated carbocycles. The Labute approximate surface area is 220 Å². The van der Waals surface area contributed by atoms with Crippen molar-refractivity contribution in [1.82, 2.24) is 14.5 Å². The van der Waals surface area contributed by atoms with Gasteiger partial charge in [-0.2, -0.15) is 0 Å². The van der Waals surface area contributed by atoms with Gasteiger partial charge >= 0.3 is 6.03 Å². The summed E-state index contributed by atoms with van der Waals surface area (Å²) in [4.78, 5) is 17.9. The lowest BCUT2D eigenvalue weighted by Gasteiger charge is -2.44. The van der Waals surface area contributed by atoms with E-state index in [9.17, 15) is 4.79 Å². The van der Waals surface area contributed by atoms with Gasteiger partial charge in [-0.1, -0.05) is 42.5 Å². The standard InChI is InChI=1S/C31H40N4O2/c1-3-33(4-2)31(36)32-35-27-14-8-12-25-24-13-9-17-34(19-22-15-16-22)28(24)18-26(30(25)27)29(35)21-37-20-23-10-6-5-7-11-23/h5-8,10-12,14,22,24,28H,3-4,9,13,15-21H2,1-2H3,(H,32,36)/t24-,28-/m1/s1. The van der Waals surface area contributed by atoms with Crippen molar-refractivity contribution in [3.05, 3.63) is 70.9 Å². The summed E-state index contributed by atoms with van der Waals surface area (Å²) in [6.45, 7) is 8.89. The zero-order chi connectivity index (χ0) is 25.4. The molecule has 2 heterocycles. The van der Waals surface area contributed by atoms with Gasteiger partial charge in [-0.15, -0.1) is 0 Å². The summed E-state index contributed by atoms with van der Waals surface area (Å²) in [5.74, 6) is 1.46. The van der Waals surface area contributed by atoms with Crippen molar-refractivity contribution in [2.45, 2.75) is 71.1 Å². The highest BCUT2D eigenvalue weighted by atomic mass is 16.5. The first kappa shape index (κ1) is 24.5. The molecule has 0 radical (unpaired) electrons. The van der Waals surface area contributed by atoms with Crippen LogP contribution in [-0.4, -0.2) is 52.7 Å². The zero-order valence-electron chi connectivity index (χ0n) is 22.3. The molecule has 6 rings (SSSR count). The number of nitrogens with one attached hydrogen (secondary N) is 1. The fraction of sp³-hybridized carbons (Fsp3) is 0.516. The summed E-state index contributed by atoms with van der Waals surface area (Å²) in [5, 5.41) is 1.34. The molecule has 3 aliphatic rings. The summed E-state index contributed by atoms with van der Waals surface area (Å²) in [7, 11) is 0. The number of amides is 2. The predicted octanol–water partition coefficient (Wildman–Crippen LogP) is 5.88. The van der Waals surface area contributed by atoms with E-state index in [0.29, 0.717) is 38.3 Å². The number of likely N-dealkylation sites (tertiary alicyclic amines) is 1. The monoisotopic (exact) mass is 500 g/mol. The summed E-state index contributed by atoms with van der Waals surface area (Å²) >= 11 is 0. The Balaban J connectivity index is 1.38. The first-order valence-electron chi connectivity index (χ1n) is 14.2. The van der Waals surface area contributed by atoms with E-state index >= 15 is 0 Å². The maximum Gasteiger partial charge on any atom is 0.336 e. The molecule has 6 heteroatoms. The van der Waals surface area contributed by atoms with Crippen LogP contribution in [0.25, 0.3) is 10.9 Å². The molecular formula is C31H40N4O2. The first-order chi connectivity index (χ1) is 18.2. The summed E-state index contributed by atoms with van der Waals surface area (Å²) in [6.07, 6.45) is 6.33. The number of fused-ring (bicyclic) bond motifs is 2. The van der Waals surface area contributed by atoms with Gasteiger partial charge in [0.05, 0.1) is 24.4 Å². The van der Waals surface area contributed by atoms with Crippen LogP contribution in [0.4, 0.5) is 4.79 Å². The molecule has 2 aliphatic carbocycles. The fourth-order valence-corrected chi connectivity index (χ4v) is 6.65. The third-order valence-corrected chi connectivity index (χ3v) is 8.74. The number of benzene rings is 2. The number of piperidine rings is 1. The van der Waals surface area contributed by atoms with Crippen LogP contribution in [0.2, 0.25) is 0 Å². The van der Waals surface area contributed by atoms with E-state index in [0.717, 1.165) is 29.1 Å². The molecule has 1 saturated heterocycles. The molecule has 2 fully saturated rings. The normalized spacial score (nSPS) is 21.1. The van der Waals surface area contributed by atoms with Gasteiger partial charge in [0.25, 0.3) is 0 Å². The fourth-order valence-electron chi connectivity index (χ4n) is 6.65. The molecule has 1 aromatic heterocycles. The summed E-state index contributed by atoms with van der Waals surface area (Å²) in [6, 6.07) is 17.5. The number of nitrogens with zero attached hydrogens (tertiary/aromatic N) is 3. The highest BCUT2D eigenvalue weighted by Gasteiger charge is 2.41. The van der Waals surface area contributed by atoms with E-state index in [-0.39, 0.29) is 6.03 Å². The average molecular weight is 501 g/mol. The molecule has 0 unspecified atom stereocenters. The van der Waals surface area contributed by atoms with Gasteiger partial charge in [0.2, 0.25) is 0 Å². The first-order valence-corrected chi connectivity index (χ1v) is 14.2. The number of carbonyl (C=O) groups is 1. The van der Waals surface area contributed by atoms with Gasteiger partial charge < -0.3 is 9.64 Å². The lowest BCUT2D eigenvalue weighted by atomic mass is 9.74. The third kappa shape index (κ3) is 4.77. The van der Waals surface area contributed by atoms with Crippen molar-refractivity contribution in [2.24, 2.45) is 5.92 Å². The maximum absolute atomic E-state index is 13.2. The molecule has 37 heavy (non-hydrogen) atoms. The second kappa shape index (κ2) is 10.5. The molecule has 0 bridgehead atoms. The quantitative estimate of drug-likeness (QED) is 0.399. The Morgan fingerprint density at radius 2 is 1.84 bits per heavy atom. The topological polar surface area (TPSA) is 49.7 Å². The van der Waals surface area contributed by atoms with Crippen molar-refractivity contribution in [1.29, 1.82) is 0 Å². The number of hydrogen-bond acceptors (Lipinski definition) is 3. The van der Waals surface area contributed by atoms with Gasteiger partial charge in [0.1, 0.15) is 0 Å². The molecule has 6 nitrogen and oxygen atoms in total. The molecule has 2 amide bonds. The lowest BCUT2D eigenvalue weighted by Crippen LogP contribution is -2.47. The smallest absolute Gasteiger partial charge is 0.336 e. The van der Waals surface area contributed by atoms with E-state index < -0.39 is 0 Å². The SMILES string of the molecule is CCN(CC)C(=O)Nn1c(COCc2ccccc2)c2c3c(cccc31)[C@H]1CCCN(CC3CC3)[C@@H]1C2. The van der Waals surface area contributed by atoms with Crippen LogP contribution < -0.4 is 5.43 Å². The zero-order valence-corrected chi connectivity index (χ0v) is 22.3. The van der Waals surface area contributed by atoms with Gasteiger partial charge in [0, 0.05) is 37.0 Å². The lowest BCUT2D eigenvalue weighted by molar-refractivity contribution is 0.0994. The van der Waals surface area contributed by atoms with Crippen LogP contribution in [0.5, 0.6) is 0 Å². The number of hydrogen-bond donors (Lipinski definition) is 1. The molecule has 1 N–H and O–H groups in total. The Kier molecular flexibility index (Phi) is 6.96. The van der Waals surface area contributed by atoms with E-state index in [1.54, 1.807) is 0 Å². The van der Waals surface area contributed by atoms with Crippen LogP contribution in [0.1, 0.15) is 67.8 Å². The van der Waals surface area contributed by atoms with Crippen molar-refractivity contribution in [3.63, 3.8) is 0 Å². The minimum absolute atomic E-state index is 0.0600. The van der Waals surface area contributed by atoms with Gasteiger partial charge in [0.15, 0.2) is 0 Å². The molecule has 2 aromatic carbocycles. The summed E-state index contributed by atoms with van der Waals surface area (Å²) in [5.41, 5.74) is 9.44. The van der Waals surface area contributed by atoms with Gasteiger partial charge in [-0.25, -0.2) is 10.2 Å². The van der Waals surface area contributed by atoms with Crippen LogP contribution in [0.3, 0.4) is 0 Å². The largest absolute Gasteiger partial charge is 0.370 e. The average Bonchev–Trinajstić information content (AvgIpc) is 3.70. The van der Waals surface area contributed by atoms with E-state index in [4.69, 9.17) is 4.74 Å². The van der Waals surface area contributed by atoms with Crippen LogP contribution in [0, 0.1) is 5.92 Å².